The van der Waals surface area contributed by atoms with E-state index in [2.05, 4.69) is 37.2 Å². The van der Waals surface area contributed by atoms with Crippen LogP contribution in [0.5, 0.6) is 0 Å². The highest BCUT2D eigenvalue weighted by Crippen LogP contribution is 2.41. The predicted octanol–water partition coefficient (Wildman–Crippen LogP) is 1.46. The molecule has 1 saturated heterocycles. The summed E-state index contributed by atoms with van der Waals surface area (Å²) in [7, 11) is -2.30. The van der Waals surface area contributed by atoms with Crippen LogP contribution in [-0.2, 0) is 15.0 Å². The lowest BCUT2D eigenvalue weighted by atomic mass is 9.78. The normalized spacial score (nSPS) is 24.5. The van der Waals surface area contributed by atoms with E-state index in [9.17, 15) is 8.42 Å². The Morgan fingerprint density at radius 2 is 1.90 bits per heavy atom. The van der Waals surface area contributed by atoms with Crippen LogP contribution in [0.3, 0.4) is 0 Å². The fourth-order valence-corrected chi connectivity index (χ4v) is 5.06. The molecule has 0 aromatic carbocycles. The quantitative estimate of drug-likeness (QED) is 0.541. The average molecular weight is 432 g/mol. The van der Waals surface area contributed by atoms with Crippen LogP contribution in [0.2, 0.25) is 0 Å². The van der Waals surface area contributed by atoms with E-state index in [1.165, 1.54) is 25.7 Å². The first-order chi connectivity index (χ1) is 9.59. The molecule has 20 heavy (non-hydrogen) atoms. The maximum Gasteiger partial charge on any atom is 0.241 e. The third-order valence-corrected chi connectivity index (χ3v) is 7.76. The summed E-state index contributed by atoms with van der Waals surface area (Å²) in [5, 5.41) is 2.99. The smallest absolute Gasteiger partial charge is 0.241 e. The van der Waals surface area contributed by atoms with Gasteiger partial charge in [-0.3, -0.25) is 0 Å². The van der Waals surface area contributed by atoms with Gasteiger partial charge in [-0.1, -0.05) is 44.7 Å². The van der Waals surface area contributed by atoms with E-state index in [1.54, 1.807) is 0 Å². The lowest BCUT2D eigenvalue weighted by Gasteiger charge is -2.41. The van der Waals surface area contributed by atoms with Crippen molar-refractivity contribution >= 4 is 47.2 Å². The van der Waals surface area contributed by atoms with Crippen molar-refractivity contribution in [2.24, 2.45) is 5.92 Å². The van der Waals surface area contributed by atoms with Crippen LogP contribution in [0, 0.1) is 5.92 Å². The summed E-state index contributed by atoms with van der Waals surface area (Å²) >= 11 is 6.72. The van der Waals surface area contributed by atoms with Crippen LogP contribution in [-0.4, -0.2) is 42.3 Å². The van der Waals surface area contributed by atoms with Gasteiger partial charge in [0, 0.05) is 18.2 Å². The molecule has 0 radical (unpaired) electrons. The van der Waals surface area contributed by atoms with Crippen molar-refractivity contribution in [1.82, 2.24) is 0 Å². The topological polar surface area (TPSA) is 60.0 Å². The molecule has 1 heterocycles. The highest BCUT2D eigenvalue weighted by Gasteiger charge is 2.45. The first-order valence-corrected chi connectivity index (χ1v) is 10.4. The number of quaternary nitrogens is 1. The number of alkyl halides is 2. The maximum absolute atomic E-state index is 11.5. The van der Waals surface area contributed by atoms with Crippen molar-refractivity contribution < 1.29 is 18.5 Å². The molecule has 0 bridgehead atoms. The molecule has 0 spiro atoms. The molecule has 2 fully saturated rings. The molecule has 1 aliphatic carbocycles. The van der Waals surface area contributed by atoms with Gasteiger partial charge in [0.15, 0.2) is 5.05 Å². The number of nitrogens with two attached hydrogens (primary N) is 1. The summed E-state index contributed by atoms with van der Waals surface area (Å²) in [6.07, 6.45) is 6.71. The van der Waals surface area contributed by atoms with Crippen LogP contribution in [0.4, 0.5) is 0 Å². The van der Waals surface area contributed by atoms with Gasteiger partial charge in [0.1, 0.15) is 0 Å². The second-order valence-corrected chi connectivity index (χ2v) is 8.31. The molecule has 7 heteroatoms. The maximum atomic E-state index is 11.5. The van der Waals surface area contributed by atoms with E-state index < -0.39 is 10.3 Å². The van der Waals surface area contributed by atoms with E-state index >= 15 is 0 Å². The molecular formula is C13H22Br2NO3S+. The molecular weight excluding hydrogens is 410 g/mol. The van der Waals surface area contributed by atoms with Crippen molar-refractivity contribution in [2.75, 3.05) is 18.4 Å². The third kappa shape index (κ3) is 3.85. The molecule has 1 atom stereocenters. The van der Waals surface area contributed by atoms with Crippen molar-refractivity contribution in [3.63, 3.8) is 0 Å². The van der Waals surface area contributed by atoms with Gasteiger partial charge in [-0.25, -0.2) is 0 Å². The zero-order chi connectivity index (χ0) is 14.6. The Morgan fingerprint density at radius 1 is 1.30 bits per heavy atom. The van der Waals surface area contributed by atoms with Crippen molar-refractivity contribution in [3.8, 4) is 0 Å². The van der Waals surface area contributed by atoms with E-state index in [4.69, 9.17) is 4.74 Å². The molecule has 1 saturated carbocycles. The lowest BCUT2D eigenvalue weighted by Crippen LogP contribution is -2.88. The van der Waals surface area contributed by atoms with Crippen LogP contribution in [0.25, 0.3) is 0 Å². The van der Waals surface area contributed by atoms with Crippen molar-refractivity contribution in [1.29, 1.82) is 0 Å². The molecule has 0 aromatic heterocycles. The number of hydrogen-bond donors (Lipinski definition) is 1. The first kappa shape index (κ1) is 16.9. The SMILES string of the molecule is O=S(=O)=C(OC1(C2CCCC2)CC[NH2+]CC1)C(Br)CBr. The molecule has 2 aliphatic rings. The Kier molecular flexibility index (Phi) is 6.53. The molecule has 4 nitrogen and oxygen atoms in total. The Morgan fingerprint density at radius 3 is 2.40 bits per heavy atom. The summed E-state index contributed by atoms with van der Waals surface area (Å²) in [4.78, 5) is -0.287. The summed E-state index contributed by atoms with van der Waals surface area (Å²) in [5.41, 5.74) is -0.269. The van der Waals surface area contributed by atoms with Gasteiger partial charge in [0.25, 0.3) is 0 Å². The van der Waals surface area contributed by atoms with E-state index in [0.717, 1.165) is 25.9 Å². The number of halogens is 2. The Hall–Kier alpha value is 0.570. The van der Waals surface area contributed by atoms with Crippen molar-refractivity contribution in [3.05, 3.63) is 0 Å². The Bertz CT molecular complexity index is 446. The van der Waals surface area contributed by atoms with Gasteiger partial charge in [0.2, 0.25) is 10.3 Å². The predicted molar refractivity (Wildman–Crippen MR) is 87.1 cm³/mol. The van der Waals surface area contributed by atoms with Gasteiger partial charge >= 0.3 is 0 Å². The monoisotopic (exact) mass is 430 g/mol. The summed E-state index contributed by atoms with van der Waals surface area (Å²) < 4.78 is 29.2. The molecule has 2 rings (SSSR count). The van der Waals surface area contributed by atoms with Gasteiger partial charge in [0.05, 0.1) is 23.5 Å². The van der Waals surface area contributed by atoms with Gasteiger partial charge < -0.3 is 10.1 Å². The van der Waals surface area contributed by atoms with Gasteiger partial charge in [-0.2, -0.15) is 8.42 Å². The van der Waals surface area contributed by atoms with Crippen molar-refractivity contribution in [2.45, 2.75) is 49.0 Å². The molecule has 0 amide bonds. The molecule has 1 unspecified atom stereocenters. The van der Waals surface area contributed by atoms with Crippen LogP contribution in [0.1, 0.15) is 38.5 Å². The second kappa shape index (κ2) is 7.72. The standard InChI is InChI=1S/C13H21Br2NO3S/c14-9-11(15)12(20(17)18)19-13(5-7-16-8-6-13)10-3-1-2-4-10/h10-11,16H,1-9H2/p+1. The van der Waals surface area contributed by atoms with E-state index in [1.807, 2.05) is 0 Å². The minimum absolute atomic E-state index is 0.163. The minimum atomic E-state index is -2.30. The third-order valence-electron chi connectivity index (χ3n) is 4.50. The second-order valence-electron chi connectivity index (χ2n) is 5.69. The molecule has 116 valence electrons. The fraction of sp³-hybridized carbons (Fsp3) is 0.923. The summed E-state index contributed by atoms with van der Waals surface area (Å²) in [6.45, 7) is 2.05. The average Bonchev–Trinajstić information content (AvgIpc) is 2.99. The van der Waals surface area contributed by atoms with Gasteiger partial charge in [-0.15, -0.1) is 0 Å². The van der Waals surface area contributed by atoms with Gasteiger partial charge in [-0.05, 0) is 18.8 Å². The Labute approximate surface area is 138 Å². The van der Waals surface area contributed by atoms with E-state index in [-0.39, 0.29) is 15.5 Å². The lowest BCUT2D eigenvalue weighted by molar-refractivity contribution is -0.668. The number of piperidine rings is 1. The summed E-state index contributed by atoms with van der Waals surface area (Å²) in [5.74, 6) is 0.504. The number of rotatable bonds is 4. The first-order valence-electron chi connectivity index (χ1n) is 7.26. The molecule has 0 aromatic rings. The minimum Gasteiger partial charge on any atom is -0.346 e. The van der Waals surface area contributed by atoms with Crippen LogP contribution in [0.15, 0.2) is 0 Å². The Balaban J connectivity index is 2.25. The largest absolute Gasteiger partial charge is 0.346 e. The zero-order valence-corrected chi connectivity index (χ0v) is 15.5. The van der Waals surface area contributed by atoms with Crippen LogP contribution >= 0.6 is 31.9 Å². The highest BCUT2D eigenvalue weighted by molar-refractivity contribution is 9.12. The van der Waals surface area contributed by atoms with Crippen LogP contribution < -0.4 is 5.32 Å². The highest BCUT2D eigenvalue weighted by atomic mass is 79.9. The zero-order valence-electron chi connectivity index (χ0n) is 11.5. The molecule has 2 N–H and O–H groups in total. The fourth-order valence-electron chi connectivity index (χ4n) is 3.47. The molecule has 1 aliphatic heterocycles. The van der Waals surface area contributed by atoms with E-state index in [0.29, 0.717) is 11.2 Å². The number of hydrogen-bond acceptors (Lipinski definition) is 3. The number of ether oxygens (including phenoxy) is 1. The summed E-state index contributed by atoms with van der Waals surface area (Å²) in [6, 6.07) is 0.